The molecule has 122 valence electrons. The third kappa shape index (κ3) is 4.54. The Labute approximate surface area is 143 Å². The molecule has 0 aliphatic heterocycles. The molecular formula is C22H23NO. The van der Waals surface area contributed by atoms with Crippen LogP contribution in [0.15, 0.2) is 84.9 Å². The molecule has 1 atom stereocenters. The fourth-order valence-electron chi connectivity index (χ4n) is 2.81. The first-order valence-electron chi connectivity index (χ1n) is 8.37. The van der Waals surface area contributed by atoms with Gasteiger partial charge in [-0.15, -0.1) is 0 Å². The van der Waals surface area contributed by atoms with Crippen molar-refractivity contribution in [2.45, 2.75) is 19.0 Å². The summed E-state index contributed by atoms with van der Waals surface area (Å²) in [5, 5.41) is 13.0. The maximum Gasteiger partial charge on any atom is 0.0587 e. The number of rotatable bonds is 7. The minimum atomic E-state index is 0.0706. The van der Waals surface area contributed by atoms with E-state index in [1.165, 1.54) is 22.3 Å². The fourth-order valence-corrected chi connectivity index (χ4v) is 2.81. The minimum Gasteiger partial charge on any atom is -0.395 e. The van der Waals surface area contributed by atoms with E-state index in [-0.39, 0.29) is 12.6 Å². The van der Waals surface area contributed by atoms with Crippen LogP contribution in [0.25, 0.3) is 11.1 Å². The maximum absolute atomic E-state index is 9.60. The first kappa shape index (κ1) is 16.4. The van der Waals surface area contributed by atoms with Crippen molar-refractivity contribution in [1.82, 2.24) is 5.32 Å². The van der Waals surface area contributed by atoms with Gasteiger partial charge in [-0.25, -0.2) is 0 Å². The lowest BCUT2D eigenvalue weighted by atomic mass is 10.0. The zero-order valence-corrected chi connectivity index (χ0v) is 13.7. The van der Waals surface area contributed by atoms with Crippen molar-refractivity contribution in [3.8, 4) is 11.1 Å². The van der Waals surface area contributed by atoms with Crippen molar-refractivity contribution in [3.63, 3.8) is 0 Å². The van der Waals surface area contributed by atoms with Gasteiger partial charge in [0.05, 0.1) is 6.61 Å². The van der Waals surface area contributed by atoms with Crippen molar-refractivity contribution < 1.29 is 5.11 Å². The quantitative estimate of drug-likeness (QED) is 0.689. The molecule has 0 aromatic heterocycles. The average Bonchev–Trinajstić information content (AvgIpc) is 2.67. The molecule has 0 spiro atoms. The third-order valence-corrected chi connectivity index (χ3v) is 4.20. The van der Waals surface area contributed by atoms with Crippen LogP contribution in [0.3, 0.4) is 0 Å². The van der Waals surface area contributed by atoms with Crippen molar-refractivity contribution in [2.75, 3.05) is 6.61 Å². The van der Waals surface area contributed by atoms with E-state index in [4.69, 9.17) is 0 Å². The molecule has 2 heteroatoms. The normalized spacial score (nSPS) is 12.0. The van der Waals surface area contributed by atoms with Crippen molar-refractivity contribution in [2.24, 2.45) is 0 Å². The van der Waals surface area contributed by atoms with Crippen LogP contribution >= 0.6 is 0 Å². The average molecular weight is 317 g/mol. The zero-order chi connectivity index (χ0) is 16.6. The van der Waals surface area contributed by atoms with Crippen LogP contribution in [-0.4, -0.2) is 17.8 Å². The molecule has 0 radical (unpaired) electrons. The molecule has 0 unspecified atom stereocenters. The molecule has 0 heterocycles. The molecule has 3 aromatic carbocycles. The second kappa shape index (κ2) is 8.44. The number of aliphatic hydroxyl groups excluding tert-OH is 1. The van der Waals surface area contributed by atoms with Gasteiger partial charge in [0.1, 0.15) is 0 Å². The van der Waals surface area contributed by atoms with E-state index in [0.717, 1.165) is 13.0 Å². The Morgan fingerprint density at radius 1 is 0.667 bits per heavy atom. The first-order chi connectivity index (χ1) is 11.8. The number of nitrogens with one attached hydrogen (secondary N) is 1. The van der Waals surface area contributed by atoms with E-state index in [1.54, 1.807) is 0 Å². The van der Waals surface area contributed by atoms with Crippen LogP contribution in [-0.2, 0) is 13.0 Å². The Bertz CT molecular complexity index is 723. The summed E-state index contributed by atoms with van der Waals surface area (Å²) in [7, 11) is 0. The van der Waals surface area contributed by atoms with Gasteiger partial charge in [-0.3, -0.25) is 0 Å². The highest BCUT2D eigenvalue weighted by molar-refractivity contribution is 5.63. The lowest BCUT2D eigenvalue weighted by molar-refractivity contribution is 0.241. The Morgan fingerprint density at radius 2 is 1.25 bits per heavy atom. The topological polar surface area (TPSA) is 32.3 Å². The second-order valence-corrected chi connectivity index (χ2v) is 6.01. The first-order valence-corrected chi connectivity index (χ1v) is 8.37. The van der Waals surface area contributed by atoms with Gasteiger partial charge in [-0.2, -0.15) is 0 Å². The van der Waals surface area contributed by atoms with Gasteiger partial charge in [0.25, 0.3) is 0 Å². The Kier molecular flexibility index (Phi) is 5.78. The van der Waals surface area contributed by atoms with E-state index < -0.39 is 0 Å². The number of hydrogen-bond donors (Lipinski definition) is 2. The predicted molar refractivity (Wildman–Crippen MR) is 99.7 cm³/mol. The van der Waals surface area contributed by atoms with E-state index >= 15 is 0 Å². The third-order valence-electron chi connectivity index (χ3n) is 4.20. The van der Waals surface area contributed by atoms with E-state index in [2.05, 4.69) is 66.0 Å². The summed E-state index contributed by atoms with van der Waals surface area (Å²) in [6.07, 6.45) is 0.833. The fraction of sp³-hybridized carbons (Fsp3) is 0.182. The number of benzene rings is 3. The summed E-state index contributed by atoms with van der Waals surface area (Å²) in [6.45, 7) is 0.893. The van der Waals surface area contributed by atoms with Crippen LogP contribution in [0.4, 0.5) is 0 Å². The Hall–Kier alpha value is -2.42. The number of aliphatic hydroxyl groups is 1. The summed E-state index contributed by atoms with van der Waals surface area (Å²) in [6, 6.07) is 29.3. The summed E-state index contributed by atoms with van der Waals surface area (Å²) in [4.78, 5) is 0. The van der Waals surface area contributed by atoms with E-state index in [9.17, 15) is 5.11 Å². The Morgan fingerprint density at radius 3 is 1.88 bits per heavy atom. The molecule has 0 bridgehead atoms. The molecule has 3 aromatic rings. The highest BCUT2D eigenvalue weighted by Crippen LogP contribution is 2.19. The standard InChI is InChI=1S/C22H23NO/c24-17-22(15-18-7-3-1-4-8-18)23-16-19-11-13-21(14-12-19)20-9-5-2-6-10-20/h1-14,22-24H,15-17H2/t22-/m0/s1. The smallest absolute Gasteiger partial charge is 0.0587 e. The monoisotopic (exact) mass is 317 g/mol. The van der Waals surface area contributed by atoms with Crippen LogP contribution in [0.5, 0.6) is 0 Å². The van der Waals surface area contributed by atoms with Gasteiger partial charge < -0.3 is 10.4 Å². The largest absolute Gasteiger partial charge is 0.395 e. The van der Waals surface area contributed by atoms with Crippen LogP contribution in [0.1, 0.15) is 11.1 Å². The van der Waals surface area contributed by atoms with Crippen LogP contribution < -0.4 is 5.32 Å². The SMILES string of the molecule is OC[C@H](Cc1ccccc1)NCc1ccc(-c2ccccc2)cc1. The lowest BCUT2D eigenvalue weighted by Gasteiger charge is -2.16. The second-order valence-electron chi connectivity index (χ2n) is 6.01. The highest BCUT2D eigenvalue weighted by Gasteiger charge is 2.08. The molecule has 0 saturated carbocycles. The summed E-state index contributed by atoms with van der Waals surface area (Å²) < 4.78 is 0. The maximum atomic E-state index is 9.60. The molecular weight excluding hydrogens is 294 g/mol. The van der Waals surface area contributed by atoms with Crippen molar-refractivity contribution >= 4 is 0 Å². The predicted octanol–water partition coefficient (Wildman–Crippen LogP) is 4.05. The van der Waals surface area contributed by atoms with Crippen LogP contribution in [0.2, 0.25) is 0 Å². The molecule has 0 amide bonds. The molecule has 0 aliphatic rings. The van der Waals surface area contributed by atoms with Crippen LogP contribution in [0, 0.1) is 0 Å². The molecule has 0 fully saturated rings. The molecule has 3 rings (SSSR count). The zero-order valence-electron chi connectivity index (χ0n) is 13.7. The lowest BCUT2D eigenvalue weighted by Crippen LogP contribution is -2.34. The van der Waals surface area contributed by atoms with Gasteiger partial charge >= 0.3 is 0 Å². The van der Waals surface area contributed by atoms with Gasteiger partial charge in [-0.1, -0.05) is 84.9 Å². The van der Waals surface area contributed by atoms with Gasteiger partial charge in [0.15, 0.2) is 0 Å². The van der Waals surface area contributed by atoms with Gasteiger partial charge in [0.2, 0.25) is 0 Å². The molecule has 24 heavy (non-hydrogen) atoms. The van der Waals surface area contributed by atoms with Crippen molar-refractivity contribution in [3.05, 3.63) is 96.1 Å². The van der Waals surface area contributed by atoms with Crippen molar-refractivity contribution in [1.29, 1.82) is 0 Å². The molecule has 0 aliphatic carbocycles. The molecule has 2 nitrogen and oxygen atoms in total. The Balaban J connectivity index is 1.57. The van der Waals surface area contributed by atoms with Gasteiger partial charge in [-0.05, 0) is 28.7 Å². The summed E-state index contributed by atoms with van der Waals surface area (Å²) in [5.41, 5.74) is 4.92. The highest BCUT2D eigenvalue weighted by atomic mass is 16.3. The molecule has 2 N–H and O–H groups in total. The summed E-state index contributed by atoms with van der Waals surface area (Å²) >= 11 is 0. The minimum absolute atomic E-state index is 0.0706. The van der Waals surface area contributed by atoms with Gasteiger partial charge in [0, 0.05) is 12.6 Å². The van der Waals surface area contributed by atoms with E-state index in [0.29, 0.717) is 0 Å². The number of hydrogen-bond acceptors (Lipinski definition) is 2. The summed E-state index contributed by atoms with van der Waals surface area (Å²) in [5.74, 6) is 0. The van der Waals surface area contributed by atoms with E-state index in [1.807, 2.05) is 24.3 Å². The molecule has 0 saturated heterocycles.